The summed E-state index contributed by atoms with van der Waals surface area (Å²) in [5.74, 6) is 0.834. The Balaban J connectivity index is 1.63. The topological polar surface area (TPSA) is 60.7 Å². The lowest BCUT2D eigenvalue weighted by Crippen LogP contribution is -2.10. The van der Waals surface area contributed by atoms with Gasteiger partial charge in [0.15, 0.2) is 0 Å². The van der Waals surface area contributed by atoms with Gasteiger partial charge in [-0.3, -0.25) is 15.0 Å². The van der Waals surface area contributed by atoms with E-state index in [-0.39, 0.29) is 5.56 Å². The number of aromatic amines is 2. The van der Waals surface area contributed by atoms with Gasteiger partial charge in [0.2, 0.25) is 0 Å². The van der Waals surface area contributed by atoms with Crippen molar-refractivity contribution in [2.45, 2.75) is 25.7 Å². The van der Waals surface area contributed by atoms with Crippen LogP contribution < -0.4 is 10.9 Å². The minimum absolute atomic E-state index is 0.0987. The highest BCUT2D eigenvalue weighted by Gasteiger charge is 2.14. The van der Waals surface area contributed by atoms with Crippen LogP contribution in [0.25, 0.3) is 11.3 Å². The molecule has 1 saturated carbocycles. The zero-order chi connectivity index (χ0) is 13.1. The van der Waals surface area contributed by atoms with Crippen LogP contribution >= 0.6 is 0 Å². The SMILES string of the molecule is O=c1cc(-c2ccc(NCC3CCCC3)cc2)[nH][nH]1. The molecule has 1 aromatic carbocycles. The molecular weight excluding hydrogens is 238 g/mol. The van der Waals surface area contributed by atoms with Crippen LogP contribution in [0.3, 0.4) is 0 Å². The molecule has 0 radical (unpaired) electrons. The fraction of sp³-hybridized carbons (Fsp3) is 0.400. The van der Waals surface area contributed by atoms with Gasteiger partial charge < -0.3 is 5.32 Å². The molecule has 0 unspecified atom stereocenters. The summed E-state index contributed by atoms with van der Waals surface area (Å²) in [5, 5.41) is 8.90. The molecule has 1 heterocycles. The third-order valence-corrected chi connectivity index (χ3v) is 3.86. The Hall–Kier alpha value is -1.97. The summed E-state index contributed by atoms with van der Waals surface area (Å²) in [6.07, 6.45) is 5.48. The lowest BCUT2D eigenvalue weighted by molar-refractivity contribution is 0.580. The minimum Gasteiger partial charge on any atom is -0.385 e. The molecule has 0 bridgehead atoms. The van der Waals surface area contributed by atoms with Crippen LogP contribution in [-0.4, -0.2) is 16.7 Å². The molecule has 100 valence electrons. The summed E-state index contributed by atoms with van der Waals surface area (Å²) in [6, 6.07) is 9.75. The van der Waals surface area contributed by atoms with Crippen LogP contribution in [0.15, 0.2) is 35.1 Å². The second-order valence-corrected chi connectivity index (χ2v) is 5.28. The standard InChI is InChI=1S/C15H19N3O/c19-15-9-14(17-18-15)12-5-7-13(8-6-12)16-10-11-3-1-2-4-11/h5-9,11,16H,1-4,10H2,(H2,17,18,19). The van der Waals surface area contributed by atoms with Gasteiger partial charge in [-0.15, -0.1) is 0 Å². The summed E-state index contributed by atoms with van der Waals surface area (Å²) >= 11 is 0. The fourth-order valence-corrected chi connectivity index (χ4v) is 2.73. The first-order valence-electron chi connectivity index (χ1n) is 6.93. The van der Waals surface area contributed by atoms with Crippen LogP contribution in [-0.2, 0) is 0 Å². The second-order valence-electron chi connectivity index (χ2n) is 5.28. The lowest BCUT2D eigenvalue weighted by Gasteiger charge is -2.12. The highest BCUT2D eigenvalue weighted by molar-refractivity contribution is 5.62. The maximum absolute atomic E-state index is 11.1. The number of H-pyrrole nitrogens is 2. The predicted molar refractivity (Wildman–Crippen MR) is 77.3 cm³/mol. The highest BCUT2D eigenvalue weighted by atomic mass is 16.1. The molecule has 0 atom stereocenters. The van der Waals surface area contributed by atoms with Gasteiger partial charge >= 0.3 is 0 Å². The Morgan fingerprint density at radius 2 is 1.84 bits per heavy atom. The Labute approximate surface area is 112 Å². The number of anilines is 1. The van der Waals surface area contributed by atoms with Gasteiger partial charge in [-0.25, -0.2) is 0 Å². The zero-order valence-electron chi connectivity index (χ0n) is 10.9. The molecule has 0 spiro atoms. The summed E-state index contributed by atoms with van der Waals surface area (Å²) in [5.41, 5.74) is 2.89. The van der Waals surface area contributed by atoms with E-state index in [9.17, 15) is 4.79 Å². The average molecular weight is 257 g/mol. The van der Waals surface area contributed by atoms with E-state index in [0.717, 1.165) is 29.4 Å². The number of nitrogens with one attached hydrogen (secondary N) is 3. The van der Waals surface area contributed by atoms with Crippen molar-refractivity contribution in [2.24, 2.45) is 5.92 Å². The van der Waals surface area contributed by atoms with Crippen molar-refractivity contribution in [1.29, 1.82) is 0 Å². The summed E-state index contributed by atoms with van der Waals surface area (Å²) in [4.78, 5) is 11.1. The Morgan fingerprint density at radius 1 is 1.11 bits per heavy atom. The average Bonchev–Trinajstić information content (AvgIpc) is 3.08. The number of rotatable bonds is 4. The molecule has 4 heteroatoms. The van der Waals surface area contributed by atoms with Crippen molar-refractivity contribution in [2.75, 3.05) is 11.9 Å². The van der Waals surface area contributed by atoms with Gasteiger partial charge in [0.05, 0.1) is 5.69 Å². The van der Waals surface area contributed by atoms with Crippen LogP contribution in [0.1, 0.15) is 25.7 Å². The molecule has 1 aliphatic carbocycles. The van der Waals surface area contributed by atoms with E-state index in [1.165, 1.54) is 25.7 Å². The largest absolute Gasteiger partial charge is 0.385 e. The van der Waals surface area contributed by atoms with E-state index in [4.69, 9.17) is 0 Å². The van der Waals surface area contributed by atoms with Crippen molar-refractivity contribution in [3.8, 4) is 11.3 Å². The Kier molecular flexibility index (Phi) is 3.40. The van der Waals surface area contributed by atoms with Crippen molar-refractivity contribution in [1.82, 2.24) is 10.2 Å². The van der Waals surface area contributed by atoms with Crippen LogP contribution in [0.4, 0.5) is 5.69 Å². The smallest absolute Gasteiger partial charge is 0.264 e. The third-order valence-electron chi connectivity index (χ3n) is 3.86. The first-order chi connectivity index (χ1) is 9.31. The van der Waals surface area contributed by atoms with Crippen LogP contribution in [0, 0.1) is 5.92 Å². The quantitative estimate of drug-likeness (QED) is 0.788. The monoisotopic (exact) mass is 257 g/mol. The van der Waals surface area contributed by atoms with Crippen molar-refractivity contribution in [3.05, 3.63) is 40.7 Å². The normalized spacial score (nSPS) is 15.8. The van der Waals surface area contributed by atoms with Gasteiger partial charge in [-0.05, 0) is 36.5 Å². The zero-order valence-corrected chi connectivity index (χ0v) is 10.9. The Morgan fingerprint density at radius 3 is 2.47 bits per heavy atom. The highest BCUT2D eigenvalue weighted by Crippen LogP contribution is 2.25. The predicted octanol–water partition coefficient (Wildman–Crippen LogP) is 2.97. The first kappa shape index (κ1) is 12.1. The second kappa shape index (κ2) is 5.34. The molecule has 4 nitrogen and oxygen atoms in total. The number of hydrogen-bond acceptors (Lipinski definition) is 2. The van der Waals surface area contributed by atoms with E-state index in [0.29, 0.717) is 0 Å². The Bertz CT molecular complexity index is 576. The molecule has 0 aliphatic heterocycles. The summed E-state index contributed by atoms with van der Waals surface area (Å²) in [6.45, 7) is 1.07. The molecule has 1 fully saturated rings. The maximum atomic E-state index is 11.1. The van der Waals surface area contributed by atoms with E-state index in [1.807, 2.05) is 12.1 Å². The fourth-order valence-electron chi connectivity index (χ4n) is 2.73. The van der Waals surface area contributed by atoms with E-state index in [2.05, 4.69) is 27.6 Å². The van der Waals surface area contributed by atoms with E-state index < -0.39 is 0 Å². The molecule has 1 aromatic heterocycles. The van der Waals surface area contributed by atoms with Gasteiger partial charge in [0.1, 0.15) is 0 Å². The van der Waals surface area contributed by atoms with Crippen molar-refractivity contribution >= 4 is 5.69 Å². The molecule has 0 saturated heterocycles. The molecule has 3 rings (SSSR count). The van der Waals surface area contributed by atoms with Crippen LogP contribution in [0.5, 0.6) is 0 Å². The van der Waals surface area contributed by atoms with Gasteiger partial charge in [0, 0.05) is 18.3 Å². The van der Waals surface area contributed by atoms with Crippen molar-refractivity contribution in [3.63, 3.8) is 0 Å². The third kappa shape index (κ3) is 2.89. The molecule has 19 heavy (non-hydrogen) atoms. The minimum atomic E-state index is -0.0987. The number of hydrogen-bond donors (Lipinski definition) is 3. The molecule has 2 aromatic rings. The molecule has 1 aliphatic rings. The van der Waals surface area contributed by atoms with E-state index in [1.54, 1.807) is 6.07 Å². The molecule has 0 amide bonds. The van der Waals surface area contributed by atoms with E-state index >= 15 is 0 Å². The van der Waals surface area contributed by atoms with Gasteiger partial charge in [0.25, 0.3) is 5.56 Å². The first-order valence-corrected chi connectivity index (χ1v) is 6.93. The summed E-state index contributed by atoms with van der Waals surface area (Å²) < 4.78 is 0. The lowest BCUT2D eigenvalue weighted by atomic mass is 10.1. The van der Waals surface area contributed by atoms with Gasteiger partial charge in [-0.2, -0.15) is 0 Å². The molecular formula is C15H19N3O. The molecule has 3 N–H and O–H groups in total. The van der Waals surface area contributed by atoms with Crippen molar-refractivity contribution < 1.29 is 0 Å². The maximum Gasteiger partial charge on any atom is 0.264 e. The number of aromatic nitrogens is 2. The van der Waals surface area contributed by atoms with Crippen LogP contribution in [0.2, 0.25) is 0 Å². The summed E-state index contributed by atoms with van der Waals surface area (Å²) in [7, 11) is 0. The van der Waals surface area contributed by atoms with Gasteiger partial charge in [-0.1, -0.05) is 25.0 Å². The number of benzene rings is 1.